The van der Waals surface area contributed by atoms with Gasteiger partial charge in [0, 0.05) is 4.47 Å². The Bertz CT molecular complexity index is 1260. The number of imidazole rings is 1. The first-order valence-corrected chi connectivity index (χ1v) is 9.02. The lowest BCUT2D eigenvalue weighted by Gasteiger charge is -2.10. The number of para-hydroxylation sites is 2. The largest absolute Gasteiger partial charge is 0.461 e. The molecule has 3 aromatic heterocycles. The average Bonchev–Trinajstić information content (AvgIpc) is 3.27. The van der Waals surface area contributed by atoms with Crippen molar-refractivity contribution in [3.63, 3.8) is 0 Å². The summed E-state index contributed by atoms with van der Waals surface area (Å²) in [6.45, 7) is 0. The van der Waals surface area contributed by atoms with E-state index < -0.39 is 0 Å². The van der Waals surface area contributed by atoms with Crippen LogP contribution in [0.15, 0.2) is 69.8 Å². The number of hydrogen-bond donors (Lipinski definition) is 0. The smallest absolute Gasteiger partial charge is 0.199 e. The number of rotatable bonds is 2. The van der Waals surface area contributed by atoms with Crippen LogP contribution in [0.1, 0.15) is 0 Å². The van der Waals surface area contributed by atoms with Crippen molar-refractivity contribution in [1.82, 2.24) is 19.5 Å². The predicted octanol–water partition coefficient (Wildman–Crippen LogP) is 5.64. The molecule has 0 radical (unpaired) electrons. The molecule has 0 bridgehead atoms. The topological polar surface area (TPSA) is 56.7 Å². The number of fused-ring (bicyclic) bond motifs is 2. The third-order valence-electron chi connectivity index (χ3n) is 4.06. The molecular weight excluding hydrogens is 416 g/mol. The van der Waals surface area contributed by atoms with E-state index in [1.165, 1.54) is 0 Å². The molecule has 0 saturated carbocycles. The molecule has 0 spiro atoms. The van der Waals surface area contributed by atoms with Gasteiger partial charge in [0.2, 0.25) is 0 Å². The Labute approximate surface area is 161 Å². The summed E-state index contributed by atoms with van der Waals surface area (Å²) in [5, 5.41) is 0.571. The molecule has 126 valence electrons. The second-order valence-electron chi connectivity index (χ2n) is 5.70. The van der Waals surface area contributed by atoms with Crippen molar-refractivity contribution >= 4 is 49.9 Å². The van der Waals surface area contributed by atoms with Gasteiger partial charge in [-0.05, 0) is 42.5 Å². The van der Waals surface area contributed by atoms with Crippen LogP contribution in [0.3, 0.4) is 0 Å². The Hall–Kier alpha value is -2.70. The molecule has 5 nitrogen and oxygen atoms in total. The highest BCUT2D eigenvalue weighted by Gasteiger charge is 2.20. The van der Waals surface area contributed by atoms with E-state index in [4.69, 9.17) is 21.0 Å². The van der Waals surface area contributed by atoms with Gasteiger partial charge < -0.3 is 4.42 Å². The summed E-state index contributed by atoms with van der Waals surface area (Å²) in [6.07, 6.45) is 1.61. The van der Waals surface area contributed by atoms with Crippen molar-refractivity contribution in [2.45, 2.75) is 0 Å². The van der Waals surface area contributed by atoms with Crippen molar-refractivity contribution in [2.75, 3.05) is 0 Å². The van der Waals surface area contributed by atoms with E-state index in [1.54, 1.807) is 6.26 Å². The number of furan rings is 1. The van der Waals surface area contributed by atoms with Crippen LogP contribution in [0.2, 0.25) is 5.02 Å². The van der Waals surface area contributed by atoms with Crippen molar-refractivity contribution < 1.29 is 4.42 Å². The minimum absolute atomic E-state index is 0.536. The van der Waals surface area contributed by atoms with Crippen molar-refractivity contribution in [1.29, 1.82) is 0 Å². The van der Waals surface area contributed by atoms with Crippen LogP contribution in [-0.2, 0) is 0 Å². The number of hydrogen-bond acceptors (Lipinski definition) is 4. The minimum Gasteiger partial charge on any atom is -0.461 e. The molecule has 5 rings (SSSR count). The molecule has 7 heteroatoms. The SMILES string of the molecule is Clc1cc(Br)ccc1-n1c(-c2ccco2)nc2nc3ccccc3nc21. The monoisotopic (exact) mass is 424 g/mol. The molecule has 0 saturated heterocycles. The lowest BCUT2D eigenvalue weighted by molar-refractivity contribution is 0.576. The average molecular weight is 426 g/mol. The zero-order valence-electron chi connectivity index (χ0n) is 13.2. The molecule has 0 fully saturated rings. The lowest BCUT2D eigenvalue weighted by Crippen LogP contribution is -1.99. The van der Waals surface area contributed by atoms with E-state index in [0.29, 0.717) is 27.9 Å². The molecule has 0 aliphatic carbocycles. The van der Waals surface area contributed by atoms with Gasteiger partial charge >= 0.3 is 0 Å². The van der Waals surface area contributed by atoms with Gasteiger partial charge in [-0.3, -0.25) is 4.57 Å². The molecule has 0 aliphatic rings. The van der Waals surface area contributed by atoms with Gasteiger partial charge in [-0.1, -0.05) is 39.7 Å². The third-order valence-corrected chi connectivity index (χ3v) is 4.86. The second-order valence-corrected chi connectivity index (χ2v) is 7.03. The summed E-state index contributed by atoms with van der Waals surface area (Å²) >= 11 is 9.96. The predicted molar refractivity (Wildman–Crippen MR) is 105 cm³/mol. The van der Waals surface area contributed by atoms with Crippen LogP contribution in [0.4, 0.5) is 0 Å². The summed E-state index contributed by atoms with van der Waals surface area (Å²) in [5.41, 5.74) is 3.50. The van der Waals surface area contributed by atoms with Crippen LogP contribution in [0, 0.1) is 0 Å². The lowest BCUT2D eigenvalue weighted by atomic mass is 10.3. The maximum atomic E-state index is 6.52. The molecule has 0 N–H and O–H groups in total. The van der Waals surface area contributed by atoms with Crippen LogP contribution < -0.4 is 0 Å². The number of nitrogens with zero attached hydrogens (tertiary/aromatic N) is 4. The van der Waals surface area contributed by atoms with E-state index >= 15 is 0 Å². The van der Waals surface area contributed by atoms with E-state index in [-0.39, 0.29) is 0 Å². The van der Waals surface area contributed by atoms with Crippen LogP contribution >= 0.6 is 27.5 Å². The Kier molecular flexibility index (Phi) is 3.55. The second kappa shape index (κ2) is 5.93. The Morgan fingerprint density at radius 3 is 2.46 bits per heavy atom. The van der Waals surface area contributed by atoms with Gasteiger partial charge in [0.15, 0.2) is 22.9 Å². The fraction of sp³-hybridized carbons (Fsp3) is 0. The summed E-state index contributed by atoms with van der Waals surface area (Å²) in [5.74, 6) is 1.22. The first-order chi connectivity index (χ1) is 12.7. The van der Waals surface area contributed by atoms with E-state index in [9.17, 15) is 0 Å². The standard InChI is InChI=1S/C19H10BrClN4O/c20-11-7-8-15(12(21)10-11)25-18(16-6-3-9-26-16)24-17-19(25)23-14-5-2-1-4-13(14)22-17/h1-10H. The first kappa shape index (κ1) is 15.5. The molecule has 0 unspecified atom stereocenters. The van der Waals surface area contributed by atoms with Gasteiger partial charge in [0.1, 0.15) is 0 Å². The van der Waals surface area contributed by atoms with Gasteiger partial charge in [0.25, 0.3) is 0 Å². The zero-order chi connectivity index (χ0) is 17.7. The fourth-order valence-electron chi connectivity index (χ4n) is 2.92. The number of halogens is 2. The summed E-state index contributed by atoms with van der Waals surface area (Å²) < 4.78 is 8.35. The maximum Gasteiger partial charge on any atom is 0.199 e. The van der Waals surface area contributed by atoms with Crippen LogP contribution in [0.25, 0.3) is 39.6 Å². The quantitative estimate of drug-likeness (QED) is 0.367. The van der Waals surface area contributed by atoms with Gasteiger partial charge in [-0.25, -0.2) is 15.0 Å². The Morgan fingerprint density at radius 1 is 0.923 bits per heavy atom. The normalized spacial score (nSPS) is 11.5. The van der Waals surface area contributed by atoms with Crippen molar-refractivity contribution in [2.24, 2.45) is 0 Å². The molecule has 5 aromatic rings. The first-order valence-electron chi connectivity index (χ1n) is 7.85. The molecule has 26 heavy (non-hydrogen) atoms. The highest BCUT2D eigenvalue weighted by Crippen LogP contribution is 2.32. The molecule has 0 atom stereocenters. The maximum absolute atomic E-state index is 6.52. The van der Waals surface area contributed by atoms with Gasteiger partial charge in [-0.15, -0.1) is 0 Å². The van der Waals surface area contributed by atoms with Gasteiger partial charge in [-0.2, -0.15) is 0 Å². The number of benzene rings is 2. The minimum atomic E-state index is 0.536. The van der Waals surface area contributed by atoms with E-state index in [2.05, 4.69) is 25.9 Å². The Balaban J connectivity index is 1.91. The van der Waals surface area contributed by atoms with E-state index in [1.807, 2.05) is 59.2 Å². The molecule has 0 aliphatic heterocycles. The van der Waals surface area contributed by atoms with E-state index in [0.717, 1.165) is 21.2 Å². The summed E-state index contributed by atoms with van der Waals surface area (Å²) in [7, 11) is 0. The Morgan fingerprint density at radius 2 is 1.73 bits per heavy atom. The van der Waals surface area contributed by atoms with Crippen molar-refractivity contribution in [3.05, 3.63) is 70.4 Å². The van der Waals surface area contributed by atoms with Gasteiger partial charge in [0.05, 0.1) is 28.0 Å². The molecular formula is C19H10BrClN4O. The zero-order valence-corrected chi connectivity index (χ0v) is 15.6. The third kappa shape index (κ3) is 2.41. The molecule has 2 aromatic carbocycles. The highest BCUT2D eigenvalue weighted by molar-refractivity contribution is 9.10. The molecule has 0 amide bonds. The summed E-state index contributed by atoms with van der Waals surface area (Å²) in [4.78, 5) is 14.1. The van der Waals surface area contributed by atoms with Crippen LogP contribution in [0.5, 0.6) is 0 Å². The summed E-state index contributed by atoms with van der Waals surface area (Å²) in [6, 6.07) is 17.1. The number of aromatic nitrogens is 4. The fourth-order valence-corrected chi connectivity index (χ4v) is 3.68. The highest BCUT2D eigenvalue weighted by atomic mass is 79.9. The molecule has 3 heterocycles. The van der Waals surface area contributed by atoms with Crippen LogP contribution in [-0.4, -0.2) is 19.5 Å². The van der Waals surface area contributed by atoms with Crippen molar-refractivity contribution in [3.8, 4) is 17.3 Å².